The van der Waals surface area contributed by atoms with E-state index in [1.165, 1.54) is 18.4 Å². The molecule has 6 rings (SSSR count). The zero-order valence-corrected chi connectivity index (χ0v) is 27.0. The molecule has 1 N–H and O–H groups in total. The van der Waals surface area contributed by atoms with Gasteiger partial charge >= 0.3 is 5.97 Å². The Hall–Kier alpha value is -4.71. The van der Waals surface area contributed by atoms with Crippen molar-refractivity contribution in [1.29, 1.82) is 0 Å². The number of benzene rings is 3. The zero-order valence-electron chi connectivity index (χ0n) is 27.0. The van der Waals surface area contributed by atoms with E-state index < -0.39 is 5.60 Å². The van der Waals surface area contributed by atoms with Crippen LogP contribution in [0.4, 0.5) is 0 Å². The molecule has 1 saturated carbocycles. The molecule has 5 aromatic rings. The highest BCUT2D eigenvalue weighted by molar-refractivity contribution is 5.99. The number of nitrogens with zero attached hydrogens (tertiary/aromatic N) is 2. The van der Waals surface area contributed by atoms with E-state index in [2.05, 4.69) is 59.0 Å². The molecule has 6 heteroatoms. The maximum Gasteiger partial charge on any atom is 0.339 e. The Morgan fingerprint density at radius 1 is 0.978 bits per heavy atom. The smallest absolute Gasteiger partial charge is 0.339 e. The molecule has 0 saturated heterocycles. The van der Waals surface area contributed by atoms with Crippen molar-refractivity contribution in [3.8, 4) is 11.1 Å². The Bertz CT molecular complexity index is 1870. The highest BCUT2D eigenvalue weighted by Gasteiger charge is 2.24. The van der Waals surface area contributed by atoms with Crippen molar-refractivity contribution in [3.63, 3.8) is 0 Å². The molecule has 3 aromatic carbocycles. The first-order valence-corrected chi connectivity index (χ1v) is 15.8. The largest absolute Gasteiger partial charge is 0.456 e. The van der Waals surface area contributed by atoms with Crippen molar-refractivity contribution >= 4 is 22.8 Å². The molecule has 45 heavy (non-hydrogen) atoms. The van der Waals surface area contributed by atoms with Crippen LogP contribution in [0.5, 0.6) is 0 Å². The van der Waals surface area contributed by atoms with Gasteiger partial charge in [0.15, 0.2) is 0 Å². The zero-order chi connectivity index (χ0) is 31.9. The van der Waals surface area contributed by atoms with Crippen molar-refractivity contribution in [2.24, 2.45) is 0 Å². The summed E-state index contributed by atoms with van der Waals surface area (Å²) in [7, 11) is 0. The second kappa shape index (κ2) is 12.0. The molecule has 2 aromatic heterocycles. The molecule has 1 amide bonds. The Balaban J connectivity index is 1.19. The van der Waals surface area contributed by atoms with E-state index in [0.717, 1.165) is 44.5 Å². The molecule has 6 nitrogen and oxygen atoms in total. The van der Waals surface area contributed by atoms with Crippen molar-refractivity contribution in [3.05, 3.63) is 124 Å². The van der Waals surface area contributed by atoms with E-state index in [-0.39, 0.29) is 17.9 Å². The number of amides is 1. The SMILES string of the molecule is Cc1c(C)n(Cc2ccc(-c3ccccc3C(=O)OC(C)(C)C)cc2)c2ccc(C(=O)NC(C)c3ccc(C4CC4)cn3)cc12. The fourth-order valence-electron chi connectivity index (χ4n) is 5.90. The number of hydrogen-bond donors (Lipinski definition) is 1. The van der Waals surface area contributed by atoms with Crippen LogP contribution in [0.2, 0.25) is 0 Å². The third-order valence-electron chi connectivity index (χ3n) is 8.70. The summed E-state index contributed by atoms with van der Waals surface area (Å²) in [5, 5.41) is 4.20. The van der Waals surface area contributed by atoms with E-state index in [1.807, 2.05) is 82.4 Å². The summed E-state index contributed by atoms with van der Waals surface area (Å²) < 4.78 is 7.95. The third kappa shape index (κ3) is 6.56. The number of aromatic nitrogens is 2. The van der Waals surface area contributed by atoms with Crippen molar-refractivity contribution in [1.82, 2.24) is 14.9 Å². The van der Waals surface area contributed by atoms with Gasteiger partial charge in [0.05, 0.1) is 17.3 Å². The van der Waals surface area contributed by atoms with Crippen molar-refractivity contribution in [2.45, 2.75) is 78.5 Å². The molecule has 0 spiro atoms. The predicted molar refractivity (Wildman–Crippen MR) is 180 cm³/mol. The van der Waals surface area contributed by atoms with Crippen LogP contribution in [0.25, 0.3) is 22.0 Å². The average molecular weight is 600 g/mol. The Morgan fingerprint density at radius 3 is 2.38 bits per heavy atom. The van der Waals surface area contributed by atoms with Crippen LogP contribution in [-0.4, -0.2) is 27.0 Å². The van der Waals surface area contributed by atoms with E-state index in [4.69, 9.17) is 4.74 Å². The molecule has 0 radical (unpaired) electrons. The maximum absolute atomic E-state index is 13.3. The fourth-order valence-corrected chi connectivity index (χ4v) is 5.90. The molecule has 1 aliphatic carbocycles. The number of fused-ring (bicyclic) bond motifs is 1. The molecule has 1 atom stereocenters. The number of esters is 1. The summed E-state index contributed by atoms with van der Waals surface area (Å²) in [6, 6.07) is 25.8. The summed E-state index contributed by atoms with van der Waals surface area (Å²) in [5.41, 5.74) is 9.15. The maximum atomic E-state index is 13.3. The molecule has 0 bridgehead atoms. The van der Waals surface area contributed by atoms with Crippen LogP contribution in [0, 0.1) is 13.8 Å². The first kappa shape index (κ1) is 30.3. The number of hydrogen-bond acceptors (Lipinski definition) is 4. The molecular formula is C39H41N3O3. The Morgan fingerprint density at radius 2 is 1.71 bits per heavy atom. The molecule has 1 unspecified atom stereocenters. The van der Waals surface area contributed by atoms with Gasteiger partial charge in [-0.05, 0) is 118 Å². The summed E-state index contributed by atoms with van der Waals surface area (Å²) >= 11 is 0. The average Bonchev–Trinajstić information content (AvgIpc) is 3.85. The second-order valence-electron chi connectivity index (χ2n) is 13.3. The number of aryl methyl sites for hydroxylation is 1. The predicted octanol–water partition coefficient (Wildman–Crippen LogP) is 8.69. The van der Waals surface area contributed by atoms with E-state index in [9.17, 15) is 9.59 Å². The molecule has 1 aliphatic rings. The van der Waals surface area contributed by atoms with Crippen LogP contribution in [0.3, 0.4) is 0 Å². The summed E-state index contributed by atoms with van der Waals surface area (Å²) in [6.07, 6.45) is 4.44. The van der Waals surface area contributed by atoms with Crippen molar-refractivity contribution < 1.29 is 14.3 Å². The molecule has 230 valence electrons. The number of nitrogens with one attached hydrogen (secondary N) is 1. The van der Waals surface area contributed by atoms with Gasteiger partial charge < -0.3 is 14.6 Å². The molecule has 0 aliphatic heterocycles. The van der Waals surface area contributed by atoms with Gasteiger partial charge in [-0.3, -0.25) is 9.78 Å². The highest BCUT2D eigenvalue weighted by Crippen LogP contribution is 2.39. The molecular weight excluding hydrogens is 558 g/mol. The Kier molecular flexibility index (Phi) is 8.08. The summed E-state index contributed by atoms with van der Waals surface area (Å²) in [4.78, 5) is 30.8. The number of ether oxygens (including phenoxy) is 1. The van der Waals surface area contributed by atoms with Gasteiger partial charge in [-0.2, -0.15) is 0 Å². The second-order valence-corrected chi connectivity index (χ2v) is 13.3. The Labute approximate surface area is 265 Å². The van der Waals surface area contributed by atoms with Crippen molar-refractivity contribution in [2.75, 3.05) is 0 Å². The van der Waals surface area contributed by atoms with Gasteiger partial charge in [-0.25, -0.2) is 4.79 Å². The van der Waals surface area contributed by atoms with Gasteiger partial charge in [0.25, 0.3) is 5.91 Å². The lowest BCUT2D eigenvalue weighted by Gasteiger charge is -2.20. The quantitative estimate of drug-likeness (QED) is 0.181. The van der Waals surface area contributed by atoms with Gasteiger partial charge in [0, 0.05) is 34.9 Å². The van der Waals surface area contributed by atoms with Gasteiger partial charge in [-0.1, -0.05) is 48.5 Å². The van der Waals surface area contributed by atoms with Gasteiger partial charge in [0.1, 0.15) is 5.60 Å². The van der Waals surface area contributed by atoms with E-state index in [1.54, 1.807) is 0 Å². The normalized spacial score (nSPS) is 13.9. The summed E-state index contributed by atoms with van der Waals surface area (Å²) in [6.45, 7) is 12.5. The van der Waals surface area contributed by atoms with Crippen LogP contribution in [-0.2, 0) is 11.3 Å². The summed E-state index contributed by atoms with van der Waals surface area (Å²) in [5.74, 6) is 0.230. The minimum atomic E-state index is -0.564. The molecule has 1 fully saturated rings. The van der Waals surface area contributed by atoms with Crippen LogP contribution in [0.15, 0.2) is 85.1 Å². The minimum Gasteiger partial charge on any atom is -0.456 e. The monoisotopic (exact) mass is 599 g/mol. The van der Waals surface area contributed by atoms with E-state index >= 15 is 0 Å². The van der Waals surface area contributed by atoms with Gasteiger partial charge in [-0.15, -0.1) is 0 Å². The lowest BCUT2D eigenvalue weighted by molar-refractivity contribution is 0.00703. The van der Waals surface area contributed by atoms with E-state index in [0.29, 0.717) is 23.6 Å². The molecule has 2 heterocycles. The number of carbonyl (C=O) groups excluding carboxylic acids is 2. The van der Waals surface area contributed by atoms with Crippen LogP contribution in [0.1, 0.15) is 101 Å². The lowest BCUT2D eigenvalue weighted by Crippen LogP contribution is -2.27. The fraction of sp³-hybridized carbons (Fsp3) is 0.308. The first-order valence-electron chi connectivity index (χ1n) is 15.8. The third-order valence-corrected chi connectivity index (χ3v) is 8.70. The number of pyridine rings is 1. The minimum absolute atomic E-state index is 0.107. The lowest BCUT2D eigenvalue weighted by atomic mass is 9.98. The topological polar surface area (TPSA) is 73.2 Å². The van der Waals surface area contributed by atoms with Crippen LogP contribution >= 0.6 is 0 Å². The van der Waals surface area contributed by atoms with Gasteiger partial charge in [0.2, 0.25) is 0 Å². The number of carbonyl (C=O) groups is 2. The number of rotatable bonds is 8. The highest BCUT2D eigenvalue weighted by atomic mass is 16.6. The first-order chi connectivity index (χ1) is 21.5. The standard InChI is InChI=1S/C39H41N3O3/c1-24-26(3)42(23-27-11-13-29(14-12-27)32-9-7-8-10-33(32)38(44)45-39(4,5)6)36-20-18-30(21-34(24)36)37(43)41-25(2)35-19-17-31(22-40-35)28-15-16-28/h7-14,17-22,25,28H,15-16,23H2,1-6H3,(H,41,43). The van der Waals surface area contributed by atoms with Crippen LogP contribution < -0.4 is 5.32 Å².